The zero-order valence-electron chi connectivity index (χ0n) is 26.8. The average Bonchev–Trinajstić information content (AvgIpc) is 3.58. The van der Waals surface area contributed by atoms with Crippen LogP contribution in [0, 0.1) is 11.8 Å². The Morgan fingerprint density at radius 3 is 1.84 bits per heavy atom. The molecule has 0 spiro atoms. The second-order valence-corrected chi connectivity index (χ2v) is 13.5. The number of likely N-dealkylation sites (tertiary alicyclic amines) is 1. The lowest BCUT2D eigenvalue weighted by atomic mass is 9.86. The molecule has 3 atom stereocenters. The summed E-state index contributed by atoms with van der Waals surface area (Å²) in [5, 5.41) is 11.7. The molecule has 7 heteroatoms. The Balaban J connectivity index is 1.03. The van der Waals surface area contributed by atoms with Crippen molar-refractivity contribution in [3.8, 4) is 0 Å². The van der Waals surface area contributed by atoms with Gasteiger partial charge in [0.05, 0.1) is 19.6 Å². The summed E-state index contributed by atoms with van der Waals surface area (Å²) in [6.07, 6.45) is 3.56. The van der Waals surface area contributed by atoms with Crippen LogP contribution in [0.5, 0.6) is 0 Å². The second-order valence-electron chi connectivity index (χ2n) is 13.5. The first-order chi connectivity index (χ1) is 21.6. The molecule has 0 amide bonds. The van der Waals surface area contributed by atoms with Crippen LogP contribution in [-0.4, -0.2) is 66.5 Å². The number of rotatable bonds is 13. The fourth-order valence-corrected chi connectivity index (χ4v) is 6.62. The van der Waals surface area contributed by atoms with Gasteiger partial charge in [-0.05, 0) is 80.5 Å². The third-order valence-corrected chi connectivity index (χ3v) is 8.88. The highest BCUT2D eigenvalue weighted by Crippen LogP contribution is 2.41. The molecule has 0 radical (unpaired) electrons. The van der Waals surface area contributed by atoms with Crippen LogP contribution in [0.1, 0.15) is 62.3 Å². The number of aliphatic hydroxyl groups is 1. The van der Waals surface area contributed by atoms with E-state index in [1.165, 1.54) is 11.1 Å². The molecule has 240 valence electrons. The quantitative estimate of drug-likeness (QED) is 0.195. The molecule has 2 aliphatic rings. The van der Waals surface area contributed by atoms with Gasteiger partial charge in [-0.2, -0.15) is 0 Å². The molecule has 1 aliphatic carbocycles. The van der Waals surface area contributed by atoms with Crippen molar-refractivity contribution in [3.63, 3.8) is 0 Å². The van der Waals surface area contributed by atoms with Gasteiger partial charge in [0.15, 0.2) is 0 Å². The first kappa shape index (κ1) is 32.9. The smallest absolute Gasteiger partial charge is 0.347 e. The molecule has 0 unspecified atom stereocenters. The molecule has 1 heterocycles. The first-order valence-electron chi connectivity index (χ1n) is 16.2. The Morgan fingerprint density at radius 1 is 0.778 bits per heavy atom. The minimum absolute atomic E-state index is 0.178. The van der Waals surface area contributed by atoms with Crippen LogP contribution in [0.25, 0.3) is 0 Å². The number of carbonyl (C=O) groups is 2. The monoisotopic (exact) mass is 613 g/mol. The Labute approximate surface area is 267 Å². The largest absolute Gasteiger partial charge is 0.460 e. The van der Waals surface area contributed by atoms with Crippen molar-refractivity contribution in [2.24, 2.45) is 11.8 Å². The summed E-state index contributed by atoms with van der Waals surface area (Å²) in [6, 6.07) is 26.9. The summed E-state index contributed by atoms with van der Waals surface area (Å²) in [6.45, 7) is 9.57. The summed E-state index contributed by atoms with van der Waals surface area (Å²) in [5.41, 5.74) is 1.27. The molecule has 45 heavy (non-hydrogen) atoms. The minimum Gasteiger partial charge on any atom is -0.460 e. The molecule has 1 N–H and O–H groups in total. The topological polar surface area (TPSA) is 85.3 Å². The number of carbonyl (C=O) groups excluding carboxylic acids is 2. The number of esters is 2. The van der Waals surface area contributed by atoms with Crippen molar-refractivity contribution >= 4 is 11.9 Å². The Morgan fingerprint density at radius 2 is 1.31 bits per heavy atom. The van der Waals surface area contributed by atoms with Gasteiger partial charge >= 0.3 is 11.9 Å². The van der Waals surface area contributed by atoms with E-state index < -0.39 is 17.2 Å². The van der Waals surface area contributed by atoms with Crippen LogP contribution in [0.2, 0.25) is 0 Å². The van der Waals surface area contributed by atoms with E-state index in [2.05, 4.69) is 29.2 Å². The molecule has 2 fully saturated rings. The van der Waals surface area contributed by atoms with E-state index in [0.29, 0.717) is 36.2 Å². The molecule has 0 bridgehead atoms. The number of benzene rings is 3. The van der Waals surface area contributed by atoms with E-state index in [4.69, 9.17) is 14.2 Å². The summed E-state index contributed by atoms with van der Waals surface area (Å²) < 4.78 is 17.0. The molecule has 5 rings (SSSR count). The van der Waals surface area contributed by atoms with Crippen molar-refractivity contribution in [1.82, 2.24) is 4.90 Å². The van der Waals surface area contributed by atoms with Crippen molar-refractivity contribution in [2.45, 2.75) is 70.2 Å². The summed E-state index contributed by atoms with van der Waals surface area (Å²) >= 11 is 0. The van der Waals surface area contributed by atoms with Crippen LogP contribution in [-0.2, 0) is 42.2 Å². The van der Waals surface area contributed by atoms with Gasteiger partial charge in [-0.1, -0.05) is 84.9 Å². The number of hydrogen-bond acceptors (Lipinski definition) is 7. The molecule has 3 aromatic rings. The Kier molecular flexibility index (Phi) is 10.7. The van der Waals surface area contributed by atoms with E-state index in [9.17, 15) is 14.7 Å². The van der Waals surface area contributed by atoms with Gasteiger partial charge < -0.3 is 24.2 Å². The average molecular weight is 614 g/mol. The maximum Gasteiger partial charge on any atom is 0.347 e. The number of ether oxygens (including phenoxy) is 3. The van der Waals surface area contributed by atoms with Crippen molar-refractivity contribution in [2.75, 3.05) is 32.8 Å². The summed E-state index contributed by atoms with van der Waals surface area (Å²) in [7, 11) is 0. The predicted octanol–water partition coefficient (Wildman–Crippen LogP) is 5.71. The normalized spacial score (nSPS) is 20.1. The Hall–Kier alpha value is -3.52. The van der Waals surface area contributed by atoms with Crippen LogP contribution in [0.3, 0.4) is 0 Å². The molecule has 7 nitrogen and oxygen atoms in total. The lowest BCUT2D eigenvalue weighted by Gasteiger charge is -2.29. The predicted molar refractivity (Wildman–Crippen MR) is 174 cm³/mol. The first-order valence-corrected chi connectivity index (χ1v) is 16.2. The van der Waals surface area contributed by atoms with Crippen LogP contribution in [0.15, 0.2) is 84.9 Å². The zero-order chi connectivity index (χ0) is 31.9. The van der Waals surface area contributed by atoms with E-state index in [1.807, 2.05) is 57.2 Å². The number of nitrogens with zero attached hydrogens (tertiary/aromatic N) is 1. The van der Waals surface area contributed by atoms with Gasteiger partial charge in [0.1, 0.15) is 11.7 Å². The number of fused-ring (bicyclic) bond motifs is 1. The second kappa shape index (κ2) is 14.7. The van der Waals surface area contributed by atoms with Gasteiger partial charge in [0.2, 0.25) is 5.60 Å². The molecule has 1 aliphatic heterocycles. The lowest BCUT2D eigenvalue weighted by Crippen LogP contribution is -2.40. The highest BCUT2D eigenvalue weighted by Gasteiger charge is 2.46. The van der Waals surface area contributed by atoms with E-state index in [1.54, 1.807) is 24.3 Å². The molecule has 1 saturated carbocycles. The fourth-order valence-electron chi connectivity index (χ4n) is 6.62. The third kappa shape index (κ3) is 8.81. The zero-order valence-corrected chi connectivity index (χ0v) is 26.8. The fraction of sp³-hybridized carbons (Fsp3) is 0.474. The SMILES string of the molecule is CC(C)(C)OC(=O)CCOCCc1ccc(CCN2C[C@H]3C[C@H](OC(=O)C(O)(c4ccccc4)c4ccccc4)C[C@H]3C2)cc1. The standard InChI is InChI=1S/C38H47NO6/c1-37(2,3)45-35(40)20-23-43-22-19-29-16-14-28(15-17-29)18-21-39-26-30-24-34(25-31(30)27-39)44-36(41)38(42,32-10-6-4-7-11-32)33-12-8-5-9-13-33/h4-17,30-31,34,42H,18-27H2,1-3H3/t30-,31+,34+. The molecular weight excluding hydrogens is 566 g/mol. The van der Waals surface area contributed by atoms with Crippen LogP contribution in [0.4, 0.5) is 0 Å². The minimum atomic E-state index is -1.84. The van der Waals surface area contributed by atoms with Crippen molar-refractivity contribution in [1.29, 1.82) is 0 Å². The van der Waals surface area contributed by atoms with E-state index in [-0.39, 0.29) is 18.5 Å². The van der Waals surface area contributed by atoms with Crippen molar-refractivity contribution in [3.05, 3.63) is 107 Å². The van der Waals surface area contributed by atoms with Gasteiger partial charge in [0, 0.05) is 19.6 Å². The Bertz CT molecular complexity index is 1330. The van der Waals surface area contributed by atoms with Crippen LogP contribution >= 0.6 is 0 Å². The molecular formula is C38H47NO6. The van der Waals surface area contributed by atoms with Gasteiger partial charge in [-0.15, -0.1) is 0 Å². The highest BCUT2D eigenvalue weighted by molar-refractivity contribution is 5.85. The summed E-state index contributed by atoms with van der Waals surface area (Å²) in [4.78, 5) is 27.9. The van der Waals surface area contributed by atoms with Gasteiger partial charge in [-0.3, -0.25) is 4.79 Å². The molecule has 3 aromatic carbocycles. The summed E-state index contributed by atoms with van der Waals surface area (Å²) in [5.74, 6) is 0.175. The molecule has 0 aromatic heterocycles. The van der Waals surface area contributed by atoms with E-state index in [0.717, 1.165) is 45.3 Å². The van der Waals surface area contributed by atoms with Gasteiger partial charge in [0.25, 0.3) is 0 Å². The van der Waals surface area contributed by atoms with E-state index >= 15 is 0 Å². The highest BCUT2D eigenvalue weighted by atomic mass is 16.6. The molecule has 1 saturated heterocycles. The third-order valence-electron chi connectivity index (χ3n) is 8.88. The van der Waals surface area contributed by atoms with Gasteiger partial charge in [-0.25, -0.2) is 4.79 Å². The maximum atomic E-state index is 13.5. The number of hydrogen-bond donors (Lipinski definition) is 1. The van der Waals surface area contributed by atoms with Crippen molar-refractivity contribution < 1.29 is 28.9 Å². The lowest BCUT2D eigenvalue weighted by molar-refractivity contribution is -0.168. The maximum absolute atomic E-state index is 13.5. The van der Waals surface area contributed by atoms with Crippen LogP contribution < -0.4 is 0 Å².